The minimum atomic E-state index is 0. The lowest BCUT2D eigenvalue weighted by Crippen LogP contribution is -2.36. The van der Waals surface area contributed by atoms with Crippen LogP contribution in [0.4, 0.5) is 5.69 Å². The van der Waals surface area contributed by atoms with E-state index in [1.165, 1.54) is 25.7 Å². The number of amides is 1. The minimum Gasteiger partial charge on any atom is -0.350 e. The molecule has 2 unspecified atom stereocenters. The van der Waals surface area contributed by atoms with Crippen molar-refractivity contribution in [3.8, 4) is 0 Å². The van der Waals surface area contributed by atoms with E-state index in [1.54, 1.807) is 23.9 Å². The molecule has 0 bridgehead atoms. The van der Waals surface area contributed by atoms with Gasteiger partial charge in [0.2, 0.25) is 5.91 Å². The van der Waals surface area contributed by atoms with Crippen LogP contribution >= 0.6 is 35.8 Å². The summed E-state index contributed by atoms with van der Waals surface area (Å²) in [5.41, 5.74) is 0.783. The molecule has 2 aliphatic rings. The number of aliphatic imine (C=N–C) groups is 1. The van der Waals surface area contributed by atoms with Crippen molar-refractivity contribution >= 4 is 52.5 Å². The van der Waals surface area contributed by atoms with Crippen LogP contribution in [0.15, 0.2) is 29.3 Å². The molecule has 1 saturated carbocycles. The van der Waals surface area contributed by atoms with Crippen LogP contribution in [0.3, 0.4) is 0 Å². The van der Waals surface area contributed by atoms with Gasteiger partial charge in [-0.15, -0.1) is 12.4 Å². The fourth-order valence-electron chi connectivity index (χ4n) is 3.33. The molecule has 1 aliphatic heterocycles. The predicted molar refractivity (Wildman–Crippen MR) is 110 cm³/mol. The maximum absolute atomic E-state index is 12.4. The SMILES string of the molecule is CC1S/C(=N\C2CCCC2)N(C)C1CC(=O)Nc1ccc(Cl)cc1.Cl. The van der Waals surface area contributed by atoms with Gasteiger partial charge in [-0.3, -0.25) is 9.79 Å². The highest BCUT2D eigenvalue weighted by molar-refractivity contribution is 8.14. The van der Waals surface area contributed by atoms with Crippen LogP contribution in [0.5, 0.6) is 0 Å². The standard InChI is InChI=1S/C18H24ClN3OS.ClH/c1-12-16(11-17(23)20-15-9-7-13(19)8-10-15)22(2)18(24-12)21-14-5-3-4-6-14;/h7-10,12,14,16H,3-6,11H2,1-2H3,(H,20,23);1H/b21-18-;. The summed E-state index contributed by atoms with van der Waals surface area (Å²) in [4.78, 5) is 19.5. The van der Waals surface area contributed by atoms with Crippen molar-refractivity contribution in [3.05, 3.63) is 29.3 Å². The summed E-state index contributed by atoms with van der Waals surface area (Å²) < 4.78 is 0. The van der Waals surface area contributed by atoms with Crippen molar-refractivity contribution in [1.29, 1.82) is 0 Å². The molecule has 1 saturated heterocycles. The van der Waals surface area contributed by atoms with Gasteiger partial charge in [-0.1, -0.05) is 43.1 Å². The molecule has 0 spiro atoms. The number of amidine groups is 1. The van der Waals surface area contributed by atoms with Crippen molar-refractivity contribution < 1.29 is 4.79 Å². The van der Waals surface area contributed by atoms with Gasteiger partial charge in [-0.2, -0.15) is 0 Å². The van der Waals surface area contributed by atoms with Gasteiger partial charge in [-0.05, 0) is 37.1 Å². The third-order valence-electron chi connectivity index (χ3n) is 4.77. The molecule has 1 amide bonds. The summed E-state index contributed by atoms with van der Waals surface area (Å²) in [7, 11) is 2.06. The summed E-state index contributed by atoms with van der Waals surface area (Å²) in [5, 5.41) is 5.08. The van der Waals surface area contributed by atoms with Crippen LogP contribution in [0.1, 0.15) is 39.0 Å². The van der Waals surface area contributed by atoms with E-state index >= 15 is 0 Å². The molecular formula is C18H25Cl2N3OS. The van der Waals surface area contributed by atoms with Crippen LogP contribution in [-0.2, 0) is 4.79 Å². The number of thioether (sulfide) groups is 1. The minimum absolute atomic E-state index is 0. The summed E-state index contributed by atoms with van der Waals surface area (Å²) in [6, 6.07) is 7.87. The second-order valence-electron chi connectivity index (χ2n) is 6.61. The molecular weight excluding hydrogens is 377 g/mol. The number of hydrogen-bond donors (Lipinski definition) is 1. The molecule has 1 aromatic rings. The normalized spacial score (nSPS) is 25.2. The third kappa shape index (κ3) is 5.28. The second kappa shape index (κ2) is 9.15. The maximum atomic E-state index is 12.4. The largest absolute Gasteiger partial charge is 0.350 e. The topological polar surface area (TPSA) is 44.7 Å². The molecule has 1 heterocycles. The van der Waals surface area contributed by atoms with E-state index in [2.05, 4.69) is 24.2 Å². The van der Waals surface area contributed by atoms with Gasteiger partial charge in [0.05, 0.1) is 12.1 Å². The lowest BCUT2D eigenvalue weighted by molar-refractivity contribution is -0.117. The molecule has 0 aromatic heterocycles. The highest BCUT2D eigenvalue weighted by atomic mass is 35.5. The van der Waals surface area contributed by atoms with Crippen LogP contribution in [0.2, 0.25) is 5.02 Å². The highest BCUT2D eigenvalue weighted by Crippen LogP contribution is 2.34. The molecule has 0 radical (unpaired) electrons. The van der Waals surface area contributed by atoms with Crippen LogP contribution < -0.4 is 5.32 Å². The Hall–Kier alpha value is -0.910. The summed E-state index contributed by atoms with van der Waals surface area (Å²) in [5.74, 6) is 0.0312. The molecule has 3 rings (SSSR count). The molecule has 1 N–H and O–H groups in total. The zero-order valence-electron chi connectivity index (χ0n) is 14.6. The Balaban J connectivity index is 0.00000225. The van der Waals surface area contributed by atoms with Gasteiger partial charge < -0.3 is 10.2 Å². The smallest absolute Gasteiger partial charge is 0.226 e. The molecule has 2 atom stereocenters. The van der Waals surface area contributed by atoms with Crippen molar-refractivity contribution in [1.82, 2.24) is 4.90 Å². The Morgan fingerprint density at radius 1 is 1.32 bits per heavy atom. The average molecular weight is 402 g/mol. The van der Waals surface area contributed by atoms with E-state index in [0.29, 0.717) is 22.7 Å². The van der Waals surface area contributed by atoms with E-state index in [4.69, 9.17) is 16.6 Å². The third-order valence-corrected chi connectivity index (χ3v) is 6.31. The number of nitrogens with zero attached hydrogens (tertiary/aromatic N) is 2. The van der Waals surface area contributed by atoms with Crippen molar-refractivity contribution in [2.24, 2.45) is 4.99 Å². The maximum Gasteiger partial charge on any atom is 0.226 e. The van der Waals surface area contributed by atoms with Gasteiger partial charge in [0, 0.05) is 29.4 Å². The van der Waals surface area contributed by atoms with Gasteiger partial charge >= 0.3 is 0 Å². The lowest BCUT2D eigenvalue weighted by Gasteiger charge is -2.23. The fourth-order valence-corrected chi connectivity index (χ4v) is 4.74. The van der Waals surface area contributed by atoms with E-state index in [-0.39, 0.29) is 24.4 Å². The number of rotatable bonds is 4. The number of carbonyl (C=O) groups excluding carboxylic acids is 1. The predicted octanol–water partition coefficient (Wildman–Crippen LogP) is 4.82. The van der Waals surface area contributed by atoms with Gasteiger partial charge in [0.15, 0.2) is 5.17 Å². The molecule has 138 valence electrons. The van der Waals surface area contributed by atoms with E-state index in [9.17, 15) is 4.79 Å². The van der Waals surface area contributed by atoms with Gasteiger partial charge in [0.1, 0.15) is 0 Å². The van der Waals surface area contributed by atoms with Crippen molar-refractivity contribution in [2.75, 3.05) is 12.4 Å². The molecule has 7 heteroatoms. The second-order valence-corrected chi connectivity index (χ2v) is 8.39. The summed E-state index contributed by atoms with van der Waals surface area (Å²) >= 11 is 7.67. The number of anilines is 1. The first-order valence-corrected chi connectivity index (χ1v) is 9.81. The zero-order chi connectivity index (χ0) is 17.1. The van der Waals surface area contributed by atoms with E-state index < -0.39 is 0 Å². The van der Waals surface area contributed by atoms with E-state index in [1.807, 2.05) is 12.1 Å². The first kappa shape index (κ1) is 20.4. The number of hydrogen-bond acceptors (Lipinski definition) is 3. The average Bonchev–Trinajstić information content (AvgIpc) is 3.14. The summed E-state index contributed by atoms with van der Waals surface area (Å²) in [6.45, 7) is 2.18. The Morgan fingerprint density at radius 3 is 2.60 bits per heavy atom. The van der Waals surface area contributed by atoms with E-state index in [0.717, 1.165) is 10.9 Å². The van der Waals surface area contributed by atoms with Crippen LogP contribution in [0, 0.1) is 0 Å². The quantitative estimate of drug-likeness (QED) is 0.785. The first-order chi connectivity index (χ1) is 11.5. The van der Waals surface area contributed by atoms with Crippen LogP contribution in [0.25, 0.3) is 0 Å². The lowest BCUT2D eigenvalue weighted by atomic mass is 10.1. The number of halogens is 2. The molecule has 2 fully saturated rings. The summed E-state index contributed by atoms with van der Waals surface area (Å²) in [6.07, 6.45) is 5.45. The Labute approximate surface area is 165 Å². The fraction of sp³-hybridized carbons (Fsp3) is 0.556. The molecule has 4 nitrogen and oxygen atoms in total. The zero-order valence-corrected chi connectivity index (χ0v) is 17.0. The molecule has 25 heavy (non-hydrogen) atoms. The monoisotopic (exact) mass is 401 g/mol. The Bertz CT molecular complexity index is 617. The Kier molecular flexibility index (Phi) is 7.47. The van der Waals surface area contributed by atoms with Crippen LogP contribution in [-0.4, -0.2) is 40.4 Å². The number of carbonyl (C=O) groups is 1. The Morgan fingerprint density at radius 2 is 1.96 bits per heavy atom. The molecule has 1 aliphatic carbocycles. The van der Waals surface area contributed by atoms with Crippen molar-refractivity contribution in [2.45, 2.75) is 56.4 Å². The molecule has 1 aromatic carbocycles. The van der Waals surface area contributed by atoms with Gasteiger partial charge in [-0.25, -0.2) is 0 Å². The number of nitrogens with one attached hydrogen (secondary N) is 1. The van der Waals surface area contributed by atoms with Gasteiger partial charge in [0.25, 0.3) is 0 Å². The highest BCUT2D eigenvalue weighted by Gasteiger charge is 2.36. The van der Waals surface area contributed by atoms with Crippen molar-refractivity contribution in [3.63, 3.8) is 0 Å². The first-order valence-electron chi connectivity index (χ1n) is 8.55. The number of benzene rings is 1.